The lowest BCUT2D eigenvalue weighted by Gasteiger charge is -2.25. The van der Waals surface area contributed by atoms with Crippen molar-refractivity contribution < 1.29 is 4.74 Å². The van der Waals surface area contributed by atoms with Gasteiger partial charge in [-0.25, -0.2) is 0 Å². The van der Waals surface area contributed by atoms with Crippen LogP contribution in [0.1, 0.15) is 11.9 Å². The van der Waals surface area contributed by atoms with Crippen LogP contribution in [0.15, 0.2) is 24.3 Å². The molecule has 0 unspecified atom stereocenters. The van der Waals surface area contributed by atoms with Crippen molar-refractivity contribution in [3.05, 3.63) is 35.1 Å². The molecule has 0 radical (unpaired) electrons. The van der Waals surface area contributed by atoms with E-state index in [9.17, 15) is 0 Å². The average molecular weight is 323 g/mol. The molecule has 1 aliphatic heterocycles. The molecule has 0 bridgehead atoms. The second-order valence-electron chi connectivity index (χ2n) is 5.06. The highest BCUT2D eigenvalue weighted by Gasteiger charge is 2.19. The predicted molar refractivity (Wildman–Crippen MR) is 86.3 cm³/mol. The molecule has 118 valence electrons. The Morgan fingerprint density at radius 2 is 2.05 bits per heavy atom. The summed E-state index contributed by atoms with van der Waals surface area (Å²) in [6, 6.07) is 7.34. The van der Waals surface area contributed by atoms with E-state index in [-0.39, 0.29) is 6.04 Å². The van der Waals surface area contributed by atoms with Gasteiger partial charge in [0.1, 0.15) is 5.82 Å². The summed E-state index contributed by atoms with van der Waals surface area (Å²) < 4.78 is 5.33. The molecule has 1 aromatic carbocycles. The molecule has 0 saturated carbocycles. The van der Waals surface area contributed by atoms with Crippen LogP contribution in [0, 0.1) is 0 Å². The lowest BCUT2D eigenvalue weighted by atomic mass is 10.2. The highest BCUT2D eigenvalue weighted by atomic mass is 35.5. The molecule has 3 rings (SSSR count). The smallest absolute Gasteiger partial charge is 0.244 e. The van der Waals surface area contributed by atoms with Gasteiger partial charge in [-0.1, -0.05) is 11.6 Å². The summed E-state index contributed by atoms with van der Waals surface area (Å²) in [5.41, 5.74) is 6.79. The molecule has 2 heterocycles. The maximum Gasteiger partial charge on any atom is 0.244 e. The Hall–Kier alpha value is -1.83. The zero-order chi connectivity index (χ0) is 15.4. The monoisotopic (exact) mass is 322 g/mol. The van der Waals surface area contributed by atoms with Crippen molar-refractivity contribution in [2.75, 3.05) is 43.1 Å². The van der Waals surface area contributed by atoms with Gasteiger partial charge in [0.25, 0.3) is 0 Å². The quantitative estimate of drug-likeness (QED) is 0.771. The molecule has 7 nitrogen and oxygen atoms in total. The van der Waals surface area contributed by atoms with Crippen LogP contribution in [0.3, 0.4) is 0 Å². The van der Waals surface area contributed by atoms with Crippen LogP contribution < -0.4 is 16.0 Å². The van der Waals surface area contributed by atoms with Crippen LogP contribution in [0.5, 0.6) is 0 Å². The van der Waals surface area contributed by atoms with E-state index >= 15 is 0 Å². The third-order valence-corrected chi connectivity index (χ3v) is 3.79. The Bertz CT molecular complexity index is 596. The number of H-pyrrole nitrogens is 1. The fourth-order valence-electron chi connectivity index (χ4n) is 2.31. The van der Waals surface area contributed by atoms with Gasteiger partial charge in [-0.15, -0.1) is 5.10 Å². The minimum absolute atomic E-state index is 0.136. The molecule has 1 aliphatic rings. The number of anilines is 2. The molecule has 22 heavy (non-hydrogen) atoms. The van der Waals surface area contributed by atoms with Crippen molar-refractivity contribution in [3.8, 4) is 0 Å². The second-order valence-corrected chi connectivity index (χ2v) is 5.50. The van der Waals surface area contributed by atoms with E-state index in [1.165, 1.54) is 0 Å². The van der Waals surface area contributed by atoms with Crippen molar-refractivity contribution in [2.24, 2.45) is 5.73 Å². The molecule has 1 fully saturated rings. The third kappa shape index (κ3) is 3.49. The average Bonchev–Trinajstić information content (AvgIpc) is 3.05. The van der Waals surface area contributed by atoms with Crippen molar-refractivity contribution >= 4 is 23.2 Å². The van der Waals surface area contributed by atoms with Crippen molar-refractivity contribution in [1.29, 1.82) is 0 Å². The van der Waals surface area contributed by atoms with E-state index in [1.54, 1.807) is 0 Å². The topological polar surface area (TPSA) is 92.1 Å². The highest BCUT2D eigenvalue weighted by Crippen LogP contribution is 2.20. The Kier molecular flexibility index (Phi) is 4.77. The number of benzene rings is 1. The molecule has 4 N–H and O–H groups in total. The van der Waals surface area contributed by atoms with E-state index < -0.39 is 0 Å². The lowest BCUT2D eigenvalue weighted by molar-refractivity contribution is 0.122. The van der Waals surface area contributed by atoms with Gasteiger partial charge in [-0.05, 0) is 24.3 Å². The minimum atomic E-state index is -0.136. The number of hydrogen-bond donors (Lipinski definition) is 3. The van der Waals surface area contributed by atoms with E-state index in [0.29, 0.717) is 30.7 Å². The maximum absolute atomic E-state index is 5.89. The first-order chi connectivity index (χ1) is 10.8. The standard InChI is InChI=1S/C14H19ClN6O/c15-10-1-3-11(4-2-10)17-12(9-16)13-18-14(20-19-13)21-5-7-22-8-6-21/h1-4,12,17H,5-9,16H2,(H,18,19,20)/t12-/m1/s1. The molecule has 0 spiro atoms. The molecule has 1 saturated heterocycles. The van der Waals surface area contributed by atoms with E-state index in [1.807, 2.05) is 24.3 Å². The number of nitrogens with two attached hydrogens (primary N) is 1. The molecule has 0 aliphatic carbocycles. The molecule has 0 amide bonds. The molecule has 8 heteroatoms. The molecule has 2 aromatic rings. The highest BCUT2D eigenvalue weighted by molar-refractivity contribution is 6.30. The number of rotatable bonds is 5. The van der Waals surface area contributed by atoms with Gasteiger partial charge in [0.2, 0.25) is 5.95 Å². The van der Waals surface area contributed by atoms with Crippen LogP contribution in [-0.4, -0.2) is 48.0 Å². The first kappa shape index (κ1) is 15.1. The van der Waals surface area contributed by atoms with Gasteiger partial charge in [-0.3, -0.25) is 5.10 Å². The van der Waals surface area contributed by atoms with E-state index in [2.05, 4.69) is 25.4 Å². The third-order valence-electron chi connectivity index (χ3n) is 3.54. The van der Waals surface area contributed by atoms with Crippen LogP contribution in [0.2, 0.25) is 5.02 Å². The summed E-state index contributed by atoms with van der Waals surface area (Å²) in [5, 5.41) is 11.3. The van der Waals surface area contributed by atoms with Crippen LogP contribution >= 0.6 is 11.6 Å². The summed E-state index contributed by atoms with van der Waals surface area (Å²) in [6.45, 7) is 3.41. The number of nitrogens with one attached hydrogen (secondary N) is 2. The lowest BCUT2D eigenvalue weighted by Crippen LogP contribution is -2.37. The summed E-state index contributed by atoms with van der Waals surface area (Å²) >= 11 is 5.89. The second kappa shape index (κ2) is 6.95. The van der Waals surface area contributed by atoms with E-state index in [0.717, 1.165) is 24.6 Å². The summed E-state index contributed by atoms with van der Waals surface area (Å²) in [7, 11) is 0. The first-order valence-corrected chi connectivity index (χ1v) is 7.61. The van der Waals surface area contributed by atoms with E-state index in [4.69, 9.17) is 22.1 Å². The number of aromatic nitrogens is 3. The van der Waals surface area contributed by atoms with Gasteiger partial charge in [0.15, 0.2) is 0 Å². The van der Waals surface area contributed by atoms with Gasteiger partial charge in [0.05, 0.1) is 19.3 Å². The number of ether oxygens (including phenoxy) is 1. The fourth-order valence-corrected chi connectivity index (χ4v) is 2.44. The van der Waals surface area contributed by atoms with Gasteiger partial charge < -0.3 is 20.7 Å². The number of halogens is 1. The van der Waals surface area contributed by atoms with Gasteiger partial charge in [-0.2, -0.15) is 4.98 Å². The normalized spacial score (nSPS) is 16.5. The Morgan fingerprint density at radius 3 is 2.73 bits per heavy atom. The zero-order valence-electron chi connectivity index (χ0n) is 12.1. The number of nitrogens with zero attached hydrogens (tertiary/aromatic N) is 3. The van der Waals surface area contributed by atoms with Gasteiger partial charge >= 0.3 is 0 Å². The van der Waals surface area contributed by atoms with Gasteiger partial charge in [0, 0.05) is 30.3 Å². The maximum atomic E-state index is 5.89. The summed E-state index contributed by atoms with van der Waals surface area (Å²) in [6.07, 6.45) is 0. The Balaban J connectivity index is 1.70. The number of morpholine rings is 1. The SMILES string of the molecule is NC[C@@H](Nc1ccc(Cl)cc1)c1nc(N2CCOCC2)n[nH]1. The summed E-state index contributed by atoms with van der Waals surface area (Å²) in [4.78, 5) is 6.65. The van der Waals surface area contributed by atoms with Crippen LogP contribution in [0.25, 0.3) is 0 Å². The molecule has 1 aromatic heterocycles. The number of hydrogen-bond acceptors (Lipinski definition) is 6. The fraction of sp³-hybridized carbons (Fsp3) is 0.429. The van der Waals surface area contributed by atoms with Crippen molar-refractivity contribution in [3.63, 3.8) is 0 Å². The van der Waals surface area contributed by atoms with Crippen molar-refractivity contribution in [2.45, 2.75) is 6.04 Å². The van der Waals surface area contributed by atoms with Crippen LogP contribution in [-0.2, 0) is 4.74 Å². The molecular weight excluding hydrogens is 304 g/mol. The molecular formula is C14H19ClN6O. The predicted octanol–water partition coefficient (Wildman–Crippen LogP) is 1.41. The summed E-state index contributed by atoms with van der Waals surface area (Å²) in [5.74, 6) is 1.41. The largest absolute Gasteiger partial charge is 0.378 e. The van der Waals surface area contributed by atoms with Crippen LogP contribution in [0.4, 0.5) is 11.6 Å². The Labute approximate surface area is 133 Å². The molecule has 1 atom stereocenters. The minimum Gasteiger partial charge on any atom is -0.378 e. The first-order valence-electron chi connectivity index (χ1n) is 7.23. The number of aromatic amines is 1. The zero-order valence-corrected chi connectivity index (χ0v) is 12.9. The van der Waals surface area contributed by atoms with Crippen molar-refractivity contribution in [1.82, 2.24) is 15.2 Å². The Morgan fingerprint density at radius 1 is 1.32 bits per heavy atom.